The molecule has 6 heteroatoms. The van der Waals surface area contributed by atoms with E-state index in [9.17, 15) is 4.79 Å². The van der Waals surface area contributed by atoms with Crippen LogP contribution in [0.25, 0.3) is 10.2 Å². The van der Waals surface area contributed by atoms with Gasteiger partial charge in [0.05, 0.1) is 5.39 Å². The third kappa shape index (κ3) is 2.77. The number of anilines is 2. The van der Waals surface area contributed by atoms with Crippen molar-refractivity contribution in [3.05, 3.63) is 47.6 Å². The van der Waals surface area contributed by atoms with Gasteiger partial charge >= 0.3 is 0 Å². The minimum atomic E-state index is 0.219. The SMILES string of the molecule is O=C1CCCN1c1ccc(CNc2ncnc3sccc23)cc1. The third-order valence-electron chi connectivity index (χ3n) is 4.04. The summed E-state index contributed by atoms with van der Waals surface area (Å²) in [6.45, 7) is 1.52. The van der Waals surface area contributed by atoms with E-state index in [1.807, 2.05) is 28.5 Å². The van der Waals surface area contributed by atoms with Gasteiger partial charge < -0.3 is 10.2 Å². The molecule has 23 heavy (non-hydrogen) atoms. The van der Waals surface area contributed by atoms with Gasteiger partial charge in [-0.1, -0.05) is 12.1 Å². The van der Waals surface area contributed by atoms with Crippen molar-refractivity contribution in [3.8, 4) is 0 Å². The molecule has 0 bridgehead atoms. The van der Waals surface area contributed by atoms with E-state index >= 15 is 0 Å². The van der Waals surface area contributed by atoms with Gasteiger partial charge in [0.15, 0.2) is 0 Å². The van der Waals surface area contributed by atoms with Gasteiger partial charge in [0.25, 0.3) is 0 Å². The molecule has 1 N–H and O–H groups in total. The summed E-state index contributed by atoms with van der Waals surface area (Å²) in [5, 5.41) is 6.44. The molecule has 1 amide bonds. The van der Waals surface area contributed by atoms with E-state index in [0.29, 0.717) is 13.0 Å². The van der Waals surface area contributed by atoms with Crippen molar-refractivity contribution in [1.82, 2.24) is 9.97 Å². The summed E-state index contributed by atoms with van der Waals surface area (Å²) in [5.41, 5.74) is 2.14. The van der Waals surface area contributed by atoms with Crippen LogP contribution in [0.1, 0.15) is 18.4 Å². The van der Waals surface area contributed by atoms with Crippen LogP contribution in [0, 0.1) is 0 Å². The number of nitrogens with zero attached hydrogens (tertiary/aromatic N) is 3. The van der Waals surface area contributed by atoms with Crippen LogP contribution in [0.4, 0.5) is 11.5 Å². The van der Waals surface area contributed by atoms with Gasteiger partial charge in [-0.25, -0.2) is 9.97 Å². The predicted molar refractivity (Wildman–Crippen MR) is 92.8 cm³/mol. The van der Waals surface area contributed by atoms with Gasteiger partial charge in [0, 0.05) is 25.2 Å². The topological polar surface area (TPSA) is 58.1 Å². The lowest BCUT2D eigenvalue weighted by Crippen LogP contribution is -2.23. The number of hydrogen-bond donors (Lipinski definition) is 1. The Balaban J connectivity index is 1.47. The Morgan fingerprint density at radius 3 is 2.83 bits per heavy atom. The van der Waals surface area contributed by atoms with E-state index in [4.69, 9.17) is 0 Å². The molecule has 1 saturated heterocycles. The molecule has 1 aliphatic heterocycles. The first-order chi connectivity index (χ1) is 11.3. The quantitative estimate of drug-likeness (QED) is 0.799. The maximum Gasteiger partial charge on any atom is 0.227 e. The number of carbonyl (C=O) groups excluding carboxylic acids is 1. The Labute approximate surface area is 138 Å². The van der Waals surface area contributed by atoms with E-state index in [0.717, 1.165) is 40.3 Å². The average Bonchev–Trinajstić information content (AvgIpc) is 3.22. The molecule has 0 atom stereocenters. The van der Waals surface area contributed by atoms with Gasteiger partial charge in [0.2, 0.25) is 5.91 Å². The Hall–Kier alpha value is -2.47. The maximum atomic E-state index is 11.8. The smallest absolute Gasteiger partial charge is 0.227 e. The fraction of sp³-hybridized carbons (Fsp3) is 0.235. The first-order valence-electron chi connectivity index (χ1n) is 7.63. The van der Waals surface area contributed by atoms with Crippen LogP contribution in [0.15, 0.2) is 42.0 Å². The number of nitrogens with one attached hydrogen (secondary N) is 1. The number of hydrogen-bond acceptors (Lipinski definition) is 5. The maximum absolute atomic E-state index is 11.8. The Morgan fingerprint density at radius 1 is 1.17 bits per heavy atom. The van der Waals surface area contributed by atoms with Crippen molar-refractivity contribution < 1.29 is 4.79 Å². The van der Waals surface area contributed by atoms with Crippen molar-refractivity contribution >= 4 is 39.0 Å². The number of amides is 1. The van der Waals surface area contributed by atoms with Gasteiger partial charge in [-0.2, -0.15) is 0 Å². The molecule has 2 aromatic heterocycles. The summed E-state index contributed by atoms with van der Waals surface area (Å²) in [5.74, 6) is 1.08. The lowest BCUT2D eigenvalue weighted by Gasteiger charge is -2.16. The summed E-state index contributed by atoms with van der Waals surface area (Å²) in [6.07, 6.45) is 3.20. The number of aromatic nitrogens is 2. The van der Waals surface area contributed by atoms with Crippen LogP contribution in [0.3, 0.4) is 0 Å². The average molecular weight is 324 g/mol. The van der Waals surface area contributed by atoms with Crippen LogP contribution in [0.5, 0.6) is 0 Å². The second kappa shape index (κ2) is 5.96. The van der Waals surface area contributed by atoms with E-state index in [2.05, 4.69) is 27.4 Å². The van der Waals surface area contributed by atoms with Crippen molar-refractivity contribution in [2.45, 2.75) is 19.4 Å². The largest absolute Gasteiger partial charge is 0.365 e. The Morgan fingerprint density at radius 2 is 2.04 bits per heavy atom. The highest BCUT2D eigenvalue weighted by atomic mass is 32.1. The second-order valence-corrected chi connectivity index (χ2v) is 6.43. The number of thiophene rings is 1. The molecule has 3 heterocycles. The lowest BCUT2D eigenvalue weighted by atomic mass is 10.2. The third-order valence-corrected chi connectivity index (χ3v) is 4.86. The first kappa shape index (κ1) is 14.1. The zero-order valence-electron chi connectivity index (χ0n) is 12.5. The Bertz CT molecular complexity index is 843. The fourth-order valence-corrected chi connectivity index (χ4v) is 3.56. The normalized spacial score (nSPS) is 14.6. The first-order valence-corrected chi connectivity index (χ1v) is 8.50. The van der Waals surface area contributed by atoms with E-state index in [-0.39, 0.29) is 5.91 Å². The highest BCUT2D eigenvalue weighted by molar-refractivity contribution is 7.16. The zero-order valence-corrected chi connectivity index (χ0v) is 13.3. The standard InChI is InChI=1S/C17H16N4OS/c22-15-2-1-8-21(15)13-5-3-12(4-6-13)10-18-16-14-7-9-23-17(14)20-11-19-16/h3-7,9,11H,1-2,8,10H2,(H,18,19,20). The highest BCUT2D eigenvalue weighted by Gasteiger charge is 2.21. The summed E-state index contributed by atoms with van der Waals surface area (Å²) in [6, 6.07) is 10.2. The molecular formula is C17H16N4OS. The van der Waals surface area contributed by atoms with E-state index < -0.39 is 0 Å². The van der Waals surface area contributed by atoms with Crippen molar-refractivity contribution in [3.63, 3.8) is 0 Å². The molecule has 5 nitrogen and oxygen atoms in total. The summed E-state index contributed by atoms with van der Waals surface area (Å²) in [4.78, 5) is 23.2. The summed E-state index contributed by atoms with van der Waals surface area (Å²) >= 11 is 1.61. The molecule has 0 radical (unpaired) electrons. The van der Waals surface area contributed by atoms with Crippen LogP contribution >= 0.6 is 11.3 Å². The Kier molecular flexibility index (Phi) is 3.67. The molecule has 4 rings (SSSR count). The van der Waals surface area contributed by atoms with Gasteiger partial charge in [-0.3, -0.25) is 4.79 Å². The number of carbonyl (C=O) groups is 1. The molecule has 1 aliphatic rings. The van der Waals surface area contributed by atoms with Crippen LogP contribution in [0.2, 0.25) is 0 Å². The van der Waals surface area contributed by atoms with Crippen LogP contribution in [-0.4, -0.2) is 22.4 Å². The fourth-order valence-electron chi connectivity index (χ4n) is 2.83. The number of benzene rings is 1. The monoisotopic (exact) mass is 324 g/mol. The lowest BCUT2D eigenvalue weighted by molar-refractivity contribution is -0.117. The number of rotatable bonds is 4. The van der Waals surface area contributed by atoms with Crippen LogP contribution in [-0.2, 0) is 11.3 Å². The molecule has 0 saturated carbocycles. The van der Waals surface area contributed by atoms with E-state index in [1.165, 1.54) is 0 Å². The molecule has 0 spiro atoms. The predicted octanol–water partition coefficient (Wildman–Crippen LogP) is 3.43. The van der Waals surface area contributed by atoms with Crippen molar-refractivity contribution in [2.24, 2.45) is 0 Å². The highest BCUT2D eigenvalue weighted by Crippen LogP contribution is 2.25. The minimum Gasteiger partial charge on any atom is -0.365 e. The molecular weight excluding hydrogens is 308 g/mol. The molecule has 1 aromatic carbocycles. The van der Waals surface area contributed by atoms with Crippen molar-refractivity contribution in [2.75, 3.05) is 16.8 Å². The van der Waals surface area contributed by atoms with Gasteiger partial charge in [-0.05, 0) is 35.6 Å². The van der Waals surface area contributed by atoms with Gasteiger partial charge in [0.1, 0.15) is 17.0 Å². The molecule has 0 unspecified atom stereocenters. The number of fused-ring (bicyclic) bond motifs is 1. The molecule has 1 fully saturated rings. The van der Waals surface area contributed by atoms with Crippen molar-refractivity contribution in [1.29, 1.82) is 0 Å². The minimum absolute atomic E-state index is 0.219. The molecule has 0 aliphatic carbocycles. The van der Waals surface area contributed by atoms with E-state index in [1.54, 1.807) is 17.7 Å². The van der Waals surface area contributed by atoms with Gasteiger partial charge in [-0.15, -0.1) is 11.3 Å². The summed E-state index contributed by atoms with van der Waals surface area (Å²) < 4.78 is 0. The summed E-state index contributed by atoms with van der Waals surface area (Å²) in [7, 11) is 0. The van der Waals surface area contributed by atoms with Crippen LogP contribution < -0.4 is 10.2 Å². The second-order valence-electron chi connectivity index (χ2n) is 5.53. The molecule has 3 aromatic rings. The zero-order chi connectivity index (χ0) is 15.6. The molecule has 116 valence electrons.